The summed E-state index contributed by atoms with van der Waals surface area (Å²) in [5.74, 6) is 2.33. The molecule has 27 heavy (non-hydrogen) atoms. The van der Waals surface area contributed by atoms with Crippen molar-refractivity contribution < 1.29 is 9.59 Å². The van der Waals surface area contributed by atoms with Crippen LogP contribution in [-0.2, 0) is 9.59 Å². The Labute approximate surface area is 183 Å². The number of halogens is 1. The number of thioether (sulfide) groups is 1. The first-order valence-corrected chi connectivity index (χ1v) is 11.1. The van der Waals surface area contributed by atoms with E-state index in [1.54, 1.807) is 0 Å². The number of guanidine groups is 1. The molecule has 152 valence electrons. The third-order valence-electron chi connectivity index (χ3n) is 5.56. The van der Waals surface area contributed by atoms with E-state index in [-0.39, 0.29) is 59.5 Å². The van der Waals surface area contributed by atoms with Gasteiger partial charge < -0.3 is 10.6 Å². The summed E-state index contributed by atoms with van der Waals surface area (Å²) in [5.41, 5.74) is 0. The van der Waals surface area contributed by atoms with E-state index in [9.17, 15) is 9.59 Å². The second-order valence-electron chi connectivity index (χ2n) is 7.22. The number of hydrogen-bond acceptors (Lipinski definition) is 4. The summed E-state index contributed by atoms with van der Waals surface area (Å²) in [4.78, 5) is 31.3. The molecule has 1 aliphatic heterocycles. The standard InChI is InChI=1S/C19H30N4O2S.HI/c1-3-20-19(21-8-4-5-11-26-2)22-9-10-23-17(24)15-13-6-7-14(12-13)16(15)18(23)25;/h6-7,13-16H,3-5,8-12H2,1-2H3,(H2,20,21,22);1H. The van der Waals surface area contributed by atoms with E-state index < -0.39 is 0 Å². The van der Waals surface area contributed by atoms with Crippen LogP contribution in [0.3, 0.4) is 0 Å². The number of imide groups is 1. The van der Waals surface area contributed by atoms with E-state index in [4.69, 9.17) is 0 Å². The first-order chi connectivity index (χ1) is 12.7. The summed E-state index contributed by atoms with van der Waals surface area (Å²) in [5, 5.41) is 6.48. The fourth-order valence-electron chi connectivity index (χ4n) is 4.36. The van der Waals surface area contributed by atoms with Gasteiger partial charge in [0, 0.05) is 26.2 Å². The topological polar surface area (TPSA) is 73.8 Å². The zero-order valence-electron chi connectivity index (χ0n) is 16.1. The van der Waals surface area contributed by atoms with Crippen molar-refractivity contribution >= 4 is 53.5 Å². The Hall–Kier alpha value is -0.770. The number of rotatable bonds is 9. The summed E-state index contributed by atoms with van der Waals surface area (Å²) >= 11 is 1.86. The molecule has 2 amide bonds. The average Bonchev–Trinajstić information content (AvgIpc) is 3.31. The van der Waals surface area contributed by atoms with Crippen molar-refractivity contribution in [3.8, 4) is 0 Å². The quantitative estimate of drug-likeness (QED) is 0.125. The number of unbranched alkanes of at least 4 members (excludes halogenated alkanes) is 1. The highest BCUT2D eigenvalue weighted by Crippen LogP contribution is 2.52. The van der Waals surface area contributed by atoms with Gasteiger partial charge in [0.1, 0.15) is 0 Å². The van der Waals surface area contributed by atoms with E-state index in [0.717, 1.165) is 37.6 Å². The Morgan fingerprint density at radius 2 is 1.85 bits per heavy atom. The zero-order valence-corrected chi connectivity index (χ0v) is 19.3. The van der Waals surface area contributed by atoms with Crippen LogP contribution in [0, 0.1) is 23.7 Å². The third-order valence-corrected chi connectivity index (χ3v) is 6.26. The van der Waals surface area contributed by atoms with Gasteiger partial charge >= 0.3 is 0 Å². The van der Waals surface area contributed by atoms with Crippen LogP contribution in [0.5, 0.6) is 0 Å². The minimum absolute atomic E-state index is 0. The fraction of sp³-hybridized carbons (Fsp3) is 0.737. The molecule has 2 fully saturated rings. The van der Waals surface area contributed by atoms with Crippen molar-refractivity contribution in [1.29, 1.82) is 0 Å². The minimum Gasteiger partial charge on any atom is -0.357 e. The predicted octanol–water partition coefficient (Wildman–Crippen LogP) is 2.11. The van der Waals surface area contributed by atoms with Gasteiger partial charge in [0.2, 0.25) is 11.8 Å². The molecule has 0 aromatic carbocycles. The van der Waals surface area contributed by atoms with Crippen molar-refractivity contribution in [2.24, 2.45) is 28.7 Å². The van der Waals surface area contributed by atoms with Crippen LogP contribution in [-0.4, -0.2) is 60.9 Å². The molecule has 0 aromatic rings. The molecular weight excluding hydrogens is 475 g/mol. The first-order valence-electron chi connectivity index (χ1n) is 9.72. The molecule has 6 nitrogen and oxygen atoms in total. The molecule has 4 atom stereocenters. The van der Waals surface area contributed by atoms with Gasteiger partial charge in [0.25, 0.3) is 0 Å². The summed E-state index contributed by atoms with van der Waals surface area (Å²) < 4.78 is 0. The van der Waals surface area contributed by atoms with Gasteiger partial charge in [-0.3, -0.25) is 19.5 Å². The van der Waals surface area contributed by atoms with Crippen molar-refractivity contribution in [3.63, 3.8) is 0 Å². The number of aliphatic imine (C=N–C) groups is 1. The average molecular weight is 506 g/mol. The lowest BCUT2D eigenvalue weighted by Gasteiger charge is -2.18. The number of allylic oxidation sites excluding steroid dienone is 2. The van der Waals surface area contributed by atoms with Gasteiger partial charge in [-0.1, -0.05) is 12.2 Å². The van der Waals surface area contributed by atoms with E-state index in [1.165, 1.54) is 11.3 Å². The lowest BCUT2D eigenvalue weighted by atomic mass is 9.85. The van der Waals surface area contributed by atoms with Gasteiger partial charge in [-0.25, -0.2) is 0 Å². The second kappa shape index (κ2) is 10.7. The SMILES string of the molecule is CCNC(=NCCCCSC)NCCN1C(=O)C2C3C=CC(C3)C2C1=O.I. The van der Waals surface area contributed by atoms with E-state index in [2.05, 4.69) is 34.0 Å². The number of nitrogens with one attached hydrogen (secondary N) is 2. The number of likely N-dealkylation sites (tertiary alicyclic amines) is 1. The third kappa shape index (κ3) is 4.99. The molecule has 1 heterocycles. The molecule has 1 saturated carbocycles. The molecular formula is C19H31IN4O2S. The van der Waals surface area contributed by atoms with Gasteiger partial charge in [0.15, 0.2) is 5.96 Å². The number of amides is 2. The minimum atomic E-state index is -0.101. The Morgan fingerprint density at radius 1 is 1.19 bits per heavy atom. The Bertz CT molecular complexity index is 568. The molecule has 1 saturated heterocycles. The maximum Gasteiger partial charge on any atom is 0.233 e. The molecule has 0 aromatic heterocycles. The van der Waals surface area contributed by atoms with Gasteiger partial charge in [0.05, 0.1) is 11.8 Å². The predicted molar refractivity (Wildman–Crippen MR) is 121 cm³/mol. The zero-order chi connectivity index (χ0) is 18.5. The van der Waals surface area contributed by atoms with Crippen molar-refractivity contribution in [2.75, 3.05) is 38.2 Å². The fourth-order valence-corrected chi connectivity index (χ4v) is 4.85. The molecule has 4 unspecified atom stereocenters. The summed E-state index contributed by atoms with van der Waals surface area (Å²) in [7, 11) is 0. The van der Waals surface area contributed by atoms with E-state index >= 15 is 0 Å². The molecule has 0 radical (unpaired) electrons. The van der Waals surface area contributed by atoms with Gasteiger partial charge in [-0.2, -0.15) is 11.8 Å². The van der Waals surface area contributed by atoms with Crippen LogP contribution in [0.1, 0.15) is 26.2 Å². The lowest BCUT2D eigenvalue weighted by Crippen LogP contribution is -2.43. The van der Waals surface area contributed by atoms with E-state index in [1.807, 2.05) is 18.7 Å². The van der Waals surface area contributed by atoms with Crippen LogP contribution >= 0.6 is 35.7 Å². The molecule has 2 N–H and O–H groups in total. The number of hydrogen-bond donors (Lipinski definition) is 2. The maximum absolute atomic E-state index is 12.7. The summed E-state index contributed by atoms with van der Waals surface area (Å²) in [6.07, 6.45) is 9.59. The first kappa shape index (κ1) is 22.5. The Kier molecular flexibility index (Phi) is 8.91. The summed E-state index contributed by atoms with van der Waals surface area (Å²) in [6.45, 7) is 4.56. The number of fused-ring (bicyclic) bond motifs is 5. The van der Waals surface area contributed by atoms with Crippen LogP contribution in [0.2, 0.25) is 0 Å². The number of nitrogens with zero attached hydrogens (tertiary/aromatic N) is 2. The van der Waals surface area contributed by atoms with E-state index in [0.29, 0.717) is 13.1 Å². The normalized spacial score (nSPS) is 28.5. The second-order valence-corrected chi connectivity index (χ2v) is 8.20. The Morgan fingerprint density at radius 3 is 2.44 bits per heavy atom. The highest BCUT2D eigenvalue weighted by Gasteiger charge is 2.58. The number of carbonyl (C=O) groups is 2. The molecule has 3 rings (SSSR count). The smallest absolute Gasteiger partial charge is 0.233 e. The summed E-state index contributed by atoms with van der Waals surface area (Å²) in [6, 6.07) is 0. The molecule has 0 spiro atoms. The monoisotopic (exact) mass is 506 g/mol. The highest BCUT2D eigenvalue weighted by atomic mass is 127. The molecule has 2 bridgehead atoms. The maximum atomic E-state index is 12.7. The lowest BCUT2D eigenvalue weighted by molar-refractivity contribution is -0.140. The Balaban J connectivity index is 0.00000261. The molecule has 3 aliphatic rings. The van der Waals surface area contributed by atoms with Crippen LogP contribution in [0.25, 0.3) is 0 Å². The molecule has 2 aliphatic carbocycles. The van der Waals surface area contributed by atoms with Crippen LogP contribution in [0.15, 0.2) is 17.1 Å². The van der Waals surface area contributed by atoms with Gasteiger partial charge in [-0.15, -0.1) is 24.0 Å². The van der Waals surface area contributed by atoms with Crippen molar-refractivity contribution in [1.82, 2.24) is 15.5 Å². The van der Waals surface area contributed by atoms with Crippen molar-refractivity contribution in [3.05, 3.63) is 12.2 Å². The number of carbonyl (C=O) groups excluding carboxylic acids is 2. The molecule has 8 heteroatoms. The highest BCUT2D eigenvalue weighted by molar-refractivity contribution is 14.0. The van der Waals surface area contributed by atoms with Crippen LogP contribution < -0.4 is 10.6 Å². The largest absolute Gasteiger partial charge is 0.357 e. The van der Waals surface area contributed by atoms with Gasteiger partial charge in [-0.05, 0) is 50.0 Å². The van der Waals surface area contributed by atoms with Crippen LogP contribution in [0.4, 0.5) is 0 Å². The van der Waals surface area contributed by atoms with Crippen molar-refractivity contribution in [2.45, 2.75) is 26.2 Å².